The van der Waals surface area contributed by atoms with Crippen molar-refractivity contribution in [3.63, 3.8) is 0 Å². The van der Waals surface area contributed by atoms with E-state index in [-0.39, 0.29) is 38.6 Å². The molecule has 6 rings (SSSR count). The average molecular weight is 487 g/mol. The SMILES string of the molecule is C[C@@H]1N=C(c2ncccc2F)c2c(ccc(Cl)c2Cl)-n2nc(C(=O)N3CC4(COC4)C3)nc21. The number of halogens is 3. The average Bonchev–Trinajstić information content (AvgIpc) is 3.14. The van der Waals surface area contributed by atoms with Crippen molar-refractivity contribution in [3.05, 3.63) is 69.2 Å². The molecule has 0 N–H and O–H groups in total. The zero-order valence-corrected chi connectivity index (χ0v) is 18.9. The smallest absolute Gasteiger partial charge is 0.293 e. The Morgan fingerprint density at radius 1 is 1.24 bits per heavy atom. The Labute approximate surface area is 198 Å². The fourth-order valence-electron chi connectivity index (χ4n) is 4.48. The number of pyridine rings is 1. The molecule has 0 unspecified atom stereocenters. The van der Waals surface area contributed by atoms with Gasteiger partial charge in [-0.05, 0) is 31.2 Å². The van der Waals surface area contributed by atoms with E-state index in [1.807, 2.05) is 0 Å². The van der Waals surface area contributed by atoms with Crippen LogP contribution in [0.5, 0.6) is 0 Å². The normalized spacial score (nSPS) is 20.3. The van der Waals surface area contributed by atoms with Crippen LogP contribution in [0.4, 0.5) is 4.39 Å². The highest BCUT2D eigenvalue weighted by molar-refractivity contribution is 6.45. The van der Waals surface area contributed by atoms with Crippen molar-refractivity contribution in [2.24, 2.45) is 10.4 Å². The highest BCUT2D eigenvalue weighted by atomic mass is 35.5. The minimum Gasteiger partial charge on any atom is -0.380 e. The van der Waals surface area contributed by atoms with Crippen LogP contribution in [0.1, 0.15) is 40.7 Å². The number of hydrogen-bond acceptors (Lipinski definition) is 6. The summed E-state index contributed by atoms with van der Waals surface area (Å²) in [5, 5.41) is 4.98. The lowest BCUT2D eigenvalue weighted by atomic mass is 9.78. The molecule has 2 aromatic heterocycles. The van der Waals surface area contributed by atoms with Crippen LogP contribution in [0, 0.1) is 11.2 Å². The molecule has 168 valence electrons. The highest BCUT2D eigenvalue weighted by Gasteiger charge is 2.51. The van der Waals surface area contributed by atoms with E-state index >= 15 is 0 Å². The first-order valence-corrected chi connectivity index (χ1v) is 11.1. The second-order valence-electron chi connectivity index (χ2n) is 8.60. The van der Waals surface area contributed by atoms with E-state index in [4.69, 9.17) is 32.9 Å². The number of aromatic nitrogens is 4. The van der Waals surface area contributed by atoms with E-state index in [9.17, 15) is 9.18 Å². The zero-order valence-electron chi connectivity index (χ0n) is 17.4. The Morgan fingerprint density at radius 3 is 2.73 bits per heavy atom. The number of ether oxygens (including phenoxy) is 1. The lowest BCUT2D eigenvalue weighted by Crippen LogP contribution is -2.67. The van der Waals surface area contributed by atoms with Gasteiger partial charge in [0.25, 0.3) is 5.91 Å². The Hall–Kier alpha value is -2.88. The number of rotatable bonds is 2. The maximum atomic E-state index is 14.7. The number of nitrogens with zero attached hydrogens (tertiary/aromatic N) is 6. The molecule has 1 aromatic carbocycles. The van der Waals surface area contributed by atoms with E-state index in [2.05, 4.69) is 15.1 Å². The Bertz CT molecular complexity index is 1340. The first kappa shape index (κ1) is 20.7. The van der Waals surface area contributed by atoms with Gasteiger partial charge in [-0.2, -0.15) is 0 Å². The van der Waals surface area contributed by atoms with Crippen molar-refractivity contribution in [3.8, 4) is 5.69 Å². The van der Waals surface area contributed by atoms with Gasteiger partial charge < -0.3 is 9.64 Å². The van der Waals surface area contributed by atoms with E-state index in [0.29, 0.717) is 43.4 Å². The second-order valence-corrected chi connectivity index (χ2v) is 9.39. The predicted molar refractivity (Wildman–Crippen MR) is 119 cm³/mol. The van der Waals surface area contributed by atoms with Crippen molar-refractivity contribution in [1.82, 2.24) is 24.6 Å². The second kappa shape index (κ2) is 7.31. The van der Waals surface area contributed by atoms with Gasteiger partial charge in [-0.1, -0.05) is 23.2 Å². The van der Waals surface area contributed by atoms with Gasteiger partial charge in [-0.15, -0.1) is 5.10 Å². The third-order valence-corrected chi connectivity index (χ3v) is 7.00. The quantitative estimate of drug-likeness (QED) is 0.553. The monoisotopic (exact) mass is 486 g/mol. The summed E-state index contributed by atoms with van der Waals surface area (Å²) in [5.41, 5.74) is 1.25. The van der Waals surface area contributed by atoms with Gasteiger partial charge in [-0.3, -0.25) is 14.8 Å². The zero-order chi connectivity index (χ0) is 22.9. The van der Waals surface area contributed by atoms with Crippen LogP contribution >= 0.6 is 23.2 Å². The van der Waals surface area contributed by atoms with Crippen molar-refractivity contribution >= 4 is 34.8 Å². The predicted octanol–water partition coefficient (Wildman–Crippen LogP) is 3.49. The van der Waals surface area contributed by atoms with Crippen LogP contribution in [0.25, 0.3) is 5.69 Å². The summed E-state index contributed by atoms with van der Waals surface area (Å²) in [6.07, 6.45) is 1.48. The van der Waals surface area contributed by atoms with Crippen LogP contribution in [0.2, 0.25) is 10.0 Å². The number of hydrogen-bond donors (Lipinski definition) is 0. The molecule has 5 heterocycles. The van der Waals surface area contributed by atoms with Crippen LogP contribution in [0.3, 0.4) is 0 Å². The molecule has 2 saturated heterocycles. The van der Waals surface area contributed by atoms with Gasteiger partial charge >= 0.3 is 0 Å². The first-order valence-electron chi connectivity index (χ1n) is 10.4. The summed E-state index contributed by atoms with van der Waals surface area (Å²) in [5.74, 6) is -0.277. The summed E-state index contributed by atoms with van der Waals surface area (Å²) < 4.78 is 21.5. The van der Waals surface area contributed by atoms with E-state index in [0.717, 1.165) is 0 Å². The third-order valence-electron chi connectivity index (χ3n) is 6.20. The topological polar surface area (TPSA) is 85.5 Å². The Kier molecular flexibility index (Phi) is 4.59. The number of benzene rings is 1. The molecule has 3 aromatic rings. The van der Waals surface area contributed by atoms with Crippen LogP contribution in [-0.4, -0.2) is 62.6 Å². The van der Waals surface area contributed by atoms with Crippen LogP contribution in [0.15, 0.2) is 35.5 Å². The number of likely N-dealkylation sites (tertiary alicyclic amines) is 1. The van der Waals surface area contributed by atoms with Gasteiger partial charge in [0.2, 0.25) is 5.82 Å². The molecule has 1 amide bonds. The third kappa shape index (κ3) is 3.10. The largest absolute Gasteiger partial charge is 0.380 e. The molecule has 3 aliphatic heterocycles. The lowest BCUT2D eigenvalue weighted by molar-refractivity contribution is -0.176. The number of amides is 1. The lowest BCUT2D eigenvalue weighted by Gasteiger charge is -2.54. The van der Waals surface area contributed by atoms with Crippen molar-refractivity contribution in [2.45, 2.75) is 13.0 Å². The summed E-state index contributed by atoms with van der Waals surface area (Å²) in [6.45, 7) is 4.40. The standard InChI is InChI=1S/C22H17Cl2FN6O2/c1-11-20-28-19(21(32)30-7-22(8-30)9-33-10-22)29-31(20)14-5-4-12(23)16(24)15(14)18(27-11)17-13(25)3-2-6-26-17/h2-6,11H,7-10H2,1H3/t11-/m0/s1. The minimum atomic E-state index is -0.555. The summed E-state index contributed by atoms with van der Waals surface area (Å²) >= 11 is 12.9. The fraction of sp³-hybridized carbons (Fsp3) is 0.318. The molecule has 8 nitrogen and oxygen atoms in total. The molecule has 1 spiro atoms. The minimum absolute atomic E-state index is 0.0467. The summed E-state index contributed by atoms with van der Waals surface area (Å²) in [6, 6.07) is 5.57. The number of carbonyl (C=O) groups excluding carboxylic acids is 1. The van der Waals surface area contributed by atoms with Gasteiger partial charge in [0.1, 0.15) is 11.7 Å². The van der Waals surface area contributed by atoms with Crippen LogP contribution in [-0.2, 0) is 4.74 Å². The molecular formula is C22H17Cl2FN6O2. The van der Waals surface area contributed by atoms with Gasteiger partial charge in [0, 0.05) is 24.8 Å². The molecular weight excluding hydrogens is 470 g/mol. The van der Waals surface area contributed by atoms with Crippen molar-refractivity contribution in [2.75, 3.05) is 26.3 Å². The number of carbonyl (C=O) groups is 1. The molecule has 2 fully saturated rings. The molecule has 33 heavy (non-hydrogen) atoms. The van der Waals surface area contributed by atoms with Crippen molar-refractivity contribution < 1.29 is 13.9 Å². The first-order chi connectivity index (χ1) is 15.9. The Morgan fingerprint density at radius 2 is 2.03 bits per heavy atom. The molecule has 0 aliphatic carbocycles. The van der Waals surface area contributed by atoms with Crippen molar-refractivity contribution in [1.29, 1.82) is 0 Å². The Balaban J connectivity index is 1.47. The maximum absolute atomic E-state index is 14.7. The molecule has 11 heteroatoms. The van der Waals surface area contributed by atoms with E-state index in [1.165, 1.54) is 23.0 Å². The summed E-state index contributed by atoms with van der Waals surface area (Å²) in [7, 11) is 0. The molecule has 0 radical (unpaired) electrons. The van der Waals surface area contributed by atoms with E-state index in [1.54, 1.807) is 24.0 Å². The molecule has 3 aliphatic rings. The van der Waals surface area contributed by atoms with Gasteiger partial charge in [-0.25, -0.2) is 14.1 Å². The molecule has 1 atom stereocenters. The number of aliphatic imine (C=N–C) groups is 1. The summed E-state index contributed by atoms with van der Waals surface area (Å²) in [4.78, 5) is 28.1. The van der Waals surface area contributed by atoms with Gasteiger partial charge in [0.05, 0.1) is 40.1 Å². The van der Waals surface area contributed by atoms with Gasteiger partial charge in [0.15, 0.2) is 11.6 Å². The number of fused-ring (bicyclic) bond motifs is 3. The molecule has 0 saturated carbocycles. The van der Waals surface area contributed by atoms with Crippen LogP contribution < -0.4 is 0 Å². The highest BCUT2D eigenvalue weighted by Crippen LogP contribution is 2.39. The maximum Gasteiger partial charge on any atom is 0.293 e. The fourth-order valence-corrected chi connectivity index (χ4v) is 4.89. The molecule has 0 bridgehead atoms. The van der Waals surface area contributed by atoms with E-state index < -0.39 is 11.9 Å².